The summed E-state index contributed by atoms with van der Waals surface area (Å²) in [4.78, 5) is 15.3. The molecule has 0 spiro atoms. The molecule has 1 aliphatic rings. The monoisotopic (exact) mass is 558 g/mol. The number of aryl methyl sites for hydroxylation is 1. The number of aliphatic hydroxyl groups is 1. The normalized spacial score (nSPS) is 25.5. The van der Waals surface area contributed by atoms with Crippen LogP contribution in [0.15, 0.2) is 36.5 Å². The van der Waals surface area contributed by atoms with Crippen molar-refractivity contribution in [3.63, 3.8) is 0 Å². The van der Waals surface area contributed by atoms with Gasteiger partial charge in [0.25, 0.3) is 0 Å². The number of rotatable bonds is 10. The smallest absolute Gasteiger partial charge is 0.380 e. The average Bonchev–Trinajstić information content (AvgIpc) is 3.11. The molecule has 1 aromatic heterocycles. The molecule has 3 rings (SSSR count). The summed E-state index contributed by atoms with van der Waals surface area (Å²) in [5.41, 5.74) is 0.713. The first-order valence-electron chi connectivity index (χ1n) is 12.5. The number of aromatic amines is 1. The molecule has 2 aromatic rings. The molecule has 0 saturated carbocycles. The van der Waals surface area contributed by atoms with E-state index in [-0.39, 0.29) is 10.5 Å². The van der Waals surface area contributed by atoms with Crippen molar-refractivity contribution in [1.29, 1.82) is 0 Å². The van der Waals surface area contributed by atoms with Gasteiger partial charge in [0.2, 0.25) is 0 Å². The Kier molecular flexibility index (Phi) is 8.66. The fourth-order valence-corrected chi connectivity index (χ4v) is 5.80. The maximum absolute atomic E-state index is 14.0. The highest BCUT2D eigenvalue weighted by Gasteiger charge is 2.44. The van der Waals surface area contributed by atoms with E-state index in [0.717, 1.165) is 0 Å². The lowest BCUT2D eigenvalue weighted by Crippen LogP contribution is -2.30. The van der Waals surface area contributed by atoms with Gasteiger partial charge in [0, 0.05) is 17.7 Å². The number of ether oxygens (including phenoxy) is 2. The van der Waals surface area contributed by atoms with Crippen LogP contribution in [0.1, 0.15) is 42.2 Å². The van der Waals surface area contributed by atoms with Crippen LogP contribution in [0.5, 0.6) is 5.75 Å². The number of aliphatic hydroxyl groups excluding tert-OH is 1. The number of hydrogen-bond acceptors (Lipinski definition) is 9. The highest BCUT2D eigenvalue weighted by molar-refractivity contribution is 7.72. The second-order valence-corrected chi connectivity index (χ2v) is 11.8. The number of esters is 1. The Bertz CT molecular complexity index is 1300. The molecule has 9 nitrogen and oxygen atoms in total. The molecule has 6 atom stereocenters. The van der Waals surface area contributed by atoms with Crippen LogP contribution in [-0.4, -0.2) is 51.7 Å². The minimum atomic E-state index is -4.34. The van der Waals surface area contributed by atoms with Crippen LogP contribution >= 0.6 is 32.0 Å². The predicted octanol–water partition coefficient (Wildman–Crippen LogP) is 5.35. The third kappa shape index (κ3) is 7.12. The van der Waals surface area contributed by atoms with Gasteiger partial charge in [-0.2, -0.15) is 0 Å². The lowest BCUT2D eigenvalue weighted by molar-refractivity contribution is -0.151. The maximum atomic E-state index is 14.0. The molecule has 0 bridgehead atoms. The summed E-state index contributed by atoms with van der Waals surface area (Å²) in [5, 5.41) is 11.0. The SMILES string of the molecule is [2H]C([2H])(O[P@](=O)(C[C@@H](C)C(=O)OC(C)C)Oc1ccccc1)[C@@H]1O[C@H](n2cc(C)c(=S)[nH]c2=S)[C@H](C)C1O. The number of benzene rings is 1. The van der Waals surface area contributed by atoms with Crippen LogP contribution in [0.25, 0.3) is 0 Å². The van der Waals surface area contributed by atoms with Crippen LogP contribution in [0, 0.1) is 28.2 Å². The minimum absolute atomic E-state index is 0.163. The zero-order chi connectivity index (χ0) is 28.4. The topological polar surface area (TPSA) is 112 Å². The first kappa shape index (κ1) is 25.8. The van der Waals surface area contributed by atoms with E-state index in [1.54, 1.807) is 56.7 Å². The van der Waals surface area contributed by atoms with Crippen LogP contribution in [0.3, 0.4) is 0 Å². The number of nitrogens with one attached hydrogen (secondary N) is 1. The van der Waals surface area contributed by atoms with E-state index in [2.05, 4.69) is 4.98 Å². The van der Waals surface area contributed by atoms with Crippen molar-refractivity contribution in [1.82, 2.24) is 9.55 Å². The fraction of sp³-hybridized carbons (Fsp3) is 0.542. The molecule has 1 fully saturated rings. The van der Waals surface area contributed by atoms with Crippen LogP contribution in [0.4, 0.5) is 0 Å². The fourth-order valence-electron chi connectivity index (χ4n) is 3.62. The third-order valence-corrected chi connectivity index (χ3v) is 8.16. The molecule has 36 heavy (non-hydrogen) atoms. The van der Waals surface area contributed by atoms with Gasteiger partial charge in [-0.3, -0.25) is 13.9 Å². The summed E-state index contributed by atoms with van der Waals surface area (Å²) < 4.78 is 55.8. The quantitative estimate of drug-likeness (QED) is 0.226. The van der Waals surface area contributed by atoms with Gasteiger partial charge in [-0.15, -0.1) is 0 Å². The lowest BCUT2D eigenvalue weighted by Gasteiger charge is -2.24. The van der Waals surface area contributed by atoms with Crippen molar-refractivity contribution in [3.8, 4) is 5.75 Å². The molecule has 1 aliphatic heterocycles. The summed E-state index contributed by atoms with van der Waals surface area (Å²) >= 11 is 10.6. The van der Waals surface area contributed by atoms with Crippen LogP contribution in [-0.2, 0) is 23.4 Å². The Hall–Kier alpha value is -1.88. The molecule has 0 amide bonds. The number of carbonyl (C=O) groups excluding carboxylic acids is 1. The Morgan fingerprint density at radius 3 is 2.61 bits per heavy atom. The zero-order valence-corrected chi connectivity index (χ0v) is 23.3. The minimum Gasteiger partial charge on any atom is -0.463 e. The average molecular weight is 559 g/mol. The summed E-state index contributed by atoms with van der Waals surface area (Å²) in [5.74, 6) is -2.02. The van der Waals surface area contributed by atoms with Gasteiger partial charge < -0.3 is 24.1 Å². The summed E-state index contributed by atoms with van der Waals surface area (Å²) in [6.45, 7) is 5.53. The molecule has 1 saturated heterocycles. The summed E-state index contributed by atoms with van der Waals surface area (Å²) in [6.07, 6.45) is -2.96. The zero-order valence-electron chi connectivity index (χ0n) is 22.7. The largest absolute Gasteiger partial charge is 0.463 e. The Labute approximate surface area is 224 Å². The van der Waals surface area contributed by atoms with Crippen molar-refractivity contribution in [2.45, 2.75) is 59.2 Å². The van der Waals surface area contributed by atoms with E-state index in [1.807, 2.05) is 0 Å². The molecule has 2 heterocycles. The Morgan fingerprint density at radius 1 is 1.31 bits per heavy atom. The van der Waals surface area contributed by atoms with E-state index < -0.39 is 62.7 Å². The first-order valence-corrected chi connectivity index (χ1v) is 14.1. The number of H-pyrrole nitrogens is 1. The van der Waals surface area contributed by atoms with Crippen LogP contribution < -0.4 is 4.52 Å². The van der Waals surface area contributed by atoms with Crippen molar-refractivity contribution >= 4 is 38.0 Å². The molecule has 2 N–H and O–H groups in total. The van der Waals surface area contributed by atoms with Gasteiger partial charge in [-0.25, -0.2) is 4.57 Å². The van der Waals surface area contributed by atoms with Crippen molar-refractivity contribution in [2.75, 3.05) is 12.7 Å². The standard InChI is InChI=1S/C24H33N2O7PS2/c1-14(2)31-23(28)16(4)13-34(29,33-18-9-7-6-8-10-18)30-12-19-20(27)17(5)22(32-19)26-11-15(3)21(35)25-24(26)36/h6-11,14,16-17,19-20,22,27H,12-13H2,1-5H3,(H,25,35,36)/t16-,17-,19+,20?,22+,34-/m1/s1/i12D2. The molecule has 1 unspecified atom stereocenters. The van der Waals surface area contributed by atoms with E-state index in [1.165, 1.54) is 19.1 Å². The number of para-hydroxylation sites is 1. The Balaban J connectivity index is 1.90. The van der Waals surface area contributed by atoms with Gasteiger partial charge in [0.1, 0.15) is 22.7 Å². The molecular formula is C24H33N2O7PS2. The first-order chi connectivity index (χ1) is 17.6. The van der Waals surface area contributed by atoms with Gasteiger partial charge in [-0.1, -0.05) is 44.3 Å². The second-order valence-electron chi connectivity index (χ2n) is 9.07. The number of carbonyl (C=O) groups is 1. The van der Waals surface area contributed by atoms with Gasteiger partial charge in [-0.05, 0) is 45.1 Å². The predicted molar refractivity (Wildman–Crippen MR) is 140 cm³/mol. The van der Waals surface area contributed by atoms with E-state index in [9.17, 15) is 14.5 Å². The molecule has 12 heteroatoms. The second kappa shape index (κ2) is 12.1. The number of aromatic nitrogens is 2. The van der Waals surface area contributed by atoms with E-state index in [0.29, 0.717) is 10.2 Å². The maximum Gasteiger partial charge on any atom is 0.380 e. The molecule has 0 radical (unpaired) electrons. The van der Waals surface area contributed by atoms with Gasteiger partial charge in [0.15, 0.2) is 4.77 Å². The highest BCUT2D eigenvalue weighted by Crippen LogP contribution is 2.51. The van der Waals surface area contributed by atoms with Crippen molar-refractivity contribution in [2.24, 2.45) is 11.8 Å². The van der Waals surface area contributed by atoms with Gasteiger partial charge in [0.05, 0.1) is 33.6 Å². The third-order valence-electron chi connectivity index (χ3n) is 5.55. The van der Waals surface area contributed by atoms with Gasteiger partial charge >= 0.3 is 13.6 Å². The Morgan fingerprint density at radius 2 is 1.97 bits per heavy atom. The molecule has 1 aromatic carbocycles. The van der Waals surface area contributed by atoms with Crippen LogP contribution in [0.2, 0.25) is 0 Å². The molecule has 0 aliphatic carbocycles. The molecular weight excluding hydrogens is 523 g/mol. The lowest BCUT2D eigenvalue weighted by atomic mass is 10.0. The summed E-state index contributed by atoms with van der Waals surface area (Å²) in [7, 11) is -4.34. The number of hydrogen-bond donors (Lipinski definition) is 2. The van der Waals surface area contributed by atoms with E-state index >= 15 is 0 Å². The van der Waals surface area contributed by atoms with Crippen molar-refractivity contribution in [3.05, 3.63) is 51.5 Å². The highest BCUT2D eigenvalue weighted by atomic mass is 32.1. The van der Waals surface area contributed by atoms with E-state index in [4.69, 9.17) is 45.7 Å². The summed E-state index contributed by atoms with van der Waals surface area (Å²) in [6, 6.07) is 8.10. The number of nitrogens with zero attached hydrogens (tertiary/aromatic N) is 1. The van der Waals surface area contributed by atoms with Crippen molar-refractivity contribution < 1.29 is 35.7 Å². The molecule has 198 valence electrons.